The van der Waals surface area contributed by atoms with Crippen molar-refractivity contribution in [2.24, 2.45) is 0 Å². The van der Waals surface area contributed by atoms with E-state index in [2.05, 4.69) is 0 Å². The maximum absolute atomic E-state index is 13.1. The highest BCUT2D eigenvalue weighted by atomic mass is 32.2. The SMILES string of the molecule is Cc1ccc(S(=O)(=O)OCCC(c2ccccc2)c2cc(C)ccc2OS(=O)(=O)c2ccc([N+](=O)[O-])cc2)cc1. The topological polar surface area (TPSA) is 130 Å². The highest BCUT2D eigenvalue weighted by Crippen LogP contribution is 2.37. The number of nitro groups is 1. The maximum atomic E-state index is 13.1. The van der Waals surface area contributed by atoms with Crippen molar-refractivity contribution in [2.75, 3.05) is 6.61 Å². The van der Waals surface area contributed by atoms with Gasteiger partial charge in [-0.05, 0) is 56.2 Å². The van der Waals surface area contributed by atoms with E-state index in [9.17, 15) is 26.9 Å². The molecule has 0 heterocycles. The molecule has 11 heteroatoms. The van der Waals surface area contributed by atoms with Gasteiger partial charge in [-0.3, -0.25) is 14.3 Å². The molecule has 0 aromatic heterocycles. The molecule has 0 aliphatic heterocycles. The Hall–Kier alpha value is -4.06. The Morgan fingerprint density at radius 1 is 0.750 bits per heavy atom. The van der Waals surface area contributed by atoms with Crippen LogP contribution < -0.4 is 4.18 Å². The van der Waals surface area contributed by atoms with Crippen LogP contribution >= 0.6 is 0 Å². The molecule has 0 N–H and O–H groups in total. The highest BCUT2D eigenvalue weighted by molar-refractivity contribution is 7.87. The van der Waals surface area contributed by atoms with Gasteiger partial charge in [0.1, 0.15) is 10.6 Å². The summed E-state index contributed by atoms with van der Waals surface area (Å²) >= 11 is 0. The zero-order valence-corrected chi connectivity index (χ0v) is 23.4. The van der Waals surface area contributed by atoms with Crippen molar-refractivity contribution in [3.05, 3.63) is 129 Å². The normalized spacial score (nSPS) is 12.6. The lowest BCUT2D eigenvalue weighted by Crippen LogP contribution is -2.15. The zero-order chi connectivity index (χ0) is 28.9. The van der Waals surface area contributed by atoms with E-state index in [1.165, 1.54) is 18.2 Å². The molecule has 208 valence electrons. The van der Waals surface area contributed by atoms with Crippen LogP contribution in [0.3, 0.4) is 0 Å². The molecule has 4 aromatic rings. The Labute approximate surface area is 233 Å². The lowest BCUT2D eigenvalue weighted by molar-refractivity contribution is -0.384. The summed E-state index contributed by atoms with van der Waals surface area (Å²) in [6, 6.07) is 25.0. The monoisotopic (exact) mass is 581 g/mol. The fraction of sp³-hybridized carbons (Fsp3) is 0.172. The first-order chi connectivity index (χ1) is 19.0. The van der Waals surface area contributed by atoms with Crippen LogP contribution in [0, 0.1) is 24.0 Å². The first-order valence-electron chi connectivity index (χ1n) is 12.3. The van der Waals surface area contributed by atoms with Gasteiger partial charge < -0.3 is 4.18 Å². The first-order valence-corrected chi connectivity index (χ1v) is 15.1. The summed E-state index contributed by atoms with van der Waals surface area (Å²) in [5.41, 5.74) is 2.83. The van der Waals surface area contributed by atoms with E-state index in [0.717, 1.165) is 41.0 Å². The molecular formula is C29H27NO8S2. The number of aryl methyl sites for hydroxylation is 2. The molecule has 0 aliphatic carbocycles. The summed E-state index contributed by atoms with van der Waals surface area (Å²) in [6.07, 6.45) is 0.201. The van der Waals surface area contributed by atoms with Crippen LogP contribution in [0.15, 0.2) is 107 Å². The van der Waals surface area contributed by atoms with E-state index >= 15 is 0 Å². The van der Waals surface area contributed by atoms with E-state index in [-0.39, 0.29) is 34.3 Å². The molecule has 0 aliphatic rings. The molecule has 0 bridgehead atoms. The molecule has 40 heavy (non-hydrogen) atoms. The molecule has 4 rings (SSSR count). The number of non-ortho nitro benzene ring substituents is 1. The van der Waals surface area contributed by atoms with Crippen molar-refractivity contribution in [1.82, 2.24) is 0 Å². The smallest absolute Gasteiger partial charge is 0.339 e. The Bertz CT molecular complexity index is 1700. The standard InChI is InChI=1S/C29H27NO8S2/c1-21-8-13-25(14-9-21)39(33,34)37-19-18-27(23-6-4-3-5-7-23)28-20-22(2)10-17-29(28)38-40(35,36)26-15-11-24(12-16-26)30(31)32/h3-17,20,27H,18-19H2,1-2H3. The molecule has 0 spiro atoms. The third kappa shape index (κ3) is 6.92. The Kier molecular flexibility index (Phi) is 8.67. The Morgan fingerprint density at radius 3 is 1.95 bits per heavy atom. The minimum absolute atomic E-state index is 0.0446. The van der Waals surface area contributed by atoms with Gasteiger partial charge in [0.15, 0.2) is 0 Å². The lowest BCUT2D eigenvalue weighted by Gasteiger charge is -2.22. The third-order valence-corrected chi connectivity index (χ3v) is 8.81. The minimum Gasteiger partial charge on any atom is -0.379 e. The highest BCUT2D eigenvalue weighted by Gasteiger charge is 2.25. The van der Waals surface area contributed by atoms with Crippen molar-refractivity contribution in [3.63, 3.8) is 0 Å². The van der Waals surface area contributed by atoms with Crippen LogP contribution in [-0.4, -0.2) is 28.4 Å². The summed E-state index contributed by atoms with van der Waals surface area (Å²) in [6.45, 7) is 3.53. The van der Waals surface area contributed by atoms with E-state index in [1.807, 2.05) is 44.2 Å². The summed E-state index contributed by atoms with van der Waals surface area (Å²) < 4.78 is 62.6. The molecule has 4 aromatic carbocycles. The molecule has 0 amide bonds. The average molecular weight is 582 g/mol. The first kappa shape index (κ1) is 28.9. The molecular weight excluding hydrogens is 554 g/mol. The van der Waals surface area contributed by atoms with Gasteiger partial charge >= 0.3 is 10.1 Å². The van der Waals surface area contributed by atoms with E-state index in [4.69, 9.17) is 8.37 Å². The molecule has 1 atom stereocenters. The molecule has 1 unspecified atom stereocenters. The zero-order valence-electron chi connectivity index (χ0n) is 21.8. The maximum Gasteiger partial charge on any atom is 0.339 e. The fourth-order valence-corrected chi connectivity index (χ4v) is 6.03. The van der Waals surface area contributed by atoms with Crippen molar-refractivity contribution in [3.8, 4) is 5.75 Å². The Morgan fingerprint density at radius 2 is 1.32 bits per heavy atom. The summed E-state index contributed by atoms with van der Waals surface area (Å²) in [5.74, 6) is -0.421. The third-order valence-electron chi connectivity index (χ3n) is 6.23. The average Bonchev–Trinajstić information content (AvgIpc) is 2.93. The van der Waals surface area contributed by atoms with Gasteiger partial charge in [-0.25, -0.2) is 0 Å². The molecule has 9 nitrogen and oxygen atoms in total. The second-order valence-corrected chi connectivity index (χ2v) is 12.3. The summed E-state index contributed by atoms with van der Waals surface area (Å²) in [5, 5.41) is 11.0. The Balaban J connectivity index is 1.65. The molecule has 0 fully saturated rings. The number of hydrogen-bond donors (Lipinski definition) is 0. The van der Waals surface area contributed by atoms with Gasteiger partial charge in [-0.1, -0.05) is 65.7 Å². The minimum atomic E-state index is -4.34. The number of benzene rings is 4. The number of hydrogen-bond acceptors (Lipinski definition) is 8. The van der Waals surface area contributed by atoms with Gasteiger partial charge in [0, 0.05) is 23.6 Å². The van der Waals surface area contributed by atoms with Crippen LogP contribution in [0.1, 0.15) is 34.6 Å². The van der Waals surface area contributed by atoms with E-state index in [1.54, 1.807) is 24.3 Å². The van der Waals surface area contributed by atoms with Crippen molar-refractivity contribution >= 4 is 25.9 Å². The van der Waals surface area contributed by atoms with Crippen LogP contribution in [0.2, 0.25) is 0 Å². The molecule has 0 saturated heterocycles. The van der Waals surface area contributed by atoms with Crippen molar-refractivity contribution in [2.45, 2.75) is 36.0 Å². The van der Waals surface area contributed by atoms with Gasteiger partial charge in [0.05, 0.1) is 16.4 Å². The lowest BCUT2D eigenvalue weighted by atomic mass is 9.87. The largest absolute Gasteiger partial charge is 0.379 e. The van der Waals surface area contributed by atoms with Crippen LogP contribution in [0.5, 0.6) is 5.75 Å². The molecule has 0 saturated carbocycles. The van der Waals surface area contributed by atoms with Crippen molar-refractivity contribution < 1.29 is 30.1 Å². The predicted octanol–water partition coefficient (Wildman–Crippen LogP) is 5.91. The number of rotatable bonds is 11. The molecule has 0 radical (unpaired) electrons. The van der Waals surface area contributed by atoms with Gasteiger partial charge in [0.25, 0.3) is 15.8 Å². The number of nitrogens with zero attached hydrogens (tertiary/aromatic N) is 1. The van der Waals surface area contributed by atoms with Gasteiger partial charge in [-0.2, -0.15) is 16.8 Å². The quantitative estimate of drug-likeness (QED) is 0.121. The van der Waals surface area contributed by atoms with Gasteiger partial charge in [-0.15, -0.1) is 0 Å². The van der Waals surface area contributed by atoms with Crippen molar-refractivity contribution in [1.29, 1.82) is 0 Å². The summed E-state index contributed by atoms with van der Waals surface area (Å²) in [4.78, 5) is 10.1. The van der Waals surface area contributed by atoms with Crippen LogP contribution in [-0.2, 0) is 24.4 Å². The van der Waals surface area contributed by atoms with Crippen LogP contribution in [0.25, 0.3) is 0 Å². The number of nitro benzene ring substituents is 1. The second-order valence-electron chi connectivity index (χ2n) is 9.17. The summed E-state index contributed by atoms with van der Waals surface area (Å²) in [7, 11) is -8.34. The van der Waals surface area contributed by atoms with Gasteiger partial charge in [0.2, 0.25) is 0 Å². The second kappa shape index (κ2) is 12.0. The fourth-order valence-electron chi connectivity index (χ4n) is 4.15. The van der Waals surface area contributed by atoms with E-state index in [0.29, 0.717) is 5.56 Å². The van der Waals surface area contributed by atoms with Crippen LogP contribution in [0.4, 0.5) is 5.69 Å². The van der Waals surface area contributed by atoms with E-state index < -0.39 is 31.1 Å². The predicted molar refractivity (Wildman–Crippen MR) is 149 cm³/mol.